The molecule has 0 unspecified atom stereocenters. The van der Waals surface area contributed by atoms with Gasteiger partial charge in [-0.15, -0.1) is 0 Å². The van der Waals surface area contributed by atoms with E-state index in [1.54, 1.807) is 0 Å². The minimum atomic E-state index is -0.132. The van der Waals surface area contributed by atoms with Crippen LogP contribution in [-0.4, -0.2) is 9.55 Å². The summed E-state index contributed by atoms with van der Waals surface area (Å²) in [6, 6.07) is 7.56. The molecule has 0 radical (unpaired) electrons. The summed E-state index contributed by atoms with van der Waals surface area (Å²) >= 11 is 0. The van der Waals surface area contributed by atoms with Crippen LogP contribution < -0.4 is 5.56 Å². The second-order valence-electron chi connectivity index (χ2n) is 4.01. The molecule has 1 aromatic carbocycles. The second-order valence-corrected chi connectivity index (χ2v) is 4.01. The summed E-state index contributed by atoms with van der Waals surface area (Å²) in [5, 5.41) is 0.685. The Morgan fingerprint density at radius 2 is 1.93 bits per heavy atom. The first-order valence-electron chi connectivity index (χ1n) is 5.07. The van der Waals surface area contributed by atoms with Crippen molar-refractivity contribution in [3.63, 3.8) is 0 Å². The van der Waals surface area contributed by atoms with Crippen LogP contribution in [0.2, 0.25) is 0 Å². The molecule has 0 spiro atoms. The maximum Gasteiger partial charge on any atom is 0.280 e. The van der Waals surface area contributed by atoms with Crippen LogP contribution in [0.15, 0.2) is 29.1 Å². The molecule has 0 fully saturated rings. The van der Waals surface area contributed by atoms with Crippen LogP contribution in [0.5, 0.6) is 0 Å². The van der Waals surface area contributed by atoms with Gasteiger partial charge < -0.3 is 4.57 Å². The Bertz CT molecular complexity index is 555. The van der Waals surface area contributed by atoms with Crippen LogP contribution >= 0.6 is 0 Å². The minimum Gasteiger partial charge on any atom is -0.332 e. The molecule has 0 aliphatic carbocycles. The summed E-state index contributed by atoms with van der Waals surface area (Å²) < 4.78 is 1.99. The molecule has 0 bridgehead atoms. The van der Waals surface area contributed by atoms with Crippen LogP contribution in [0.4, 0.5) is 0 Å². The number of para-hydroxylation sites is 1. The van der Waals surface area contributed by atoms with E-state index in [1.807, 2.05) is 49.7 Å². The molecule has 3 heteroatoms. The fourth-order valence-electron chi connectivity index (χ4n) is 1.83. The van der Waals surface area contributed by atoms with E-state index in [4.69, 9.17) is 0 Å². The van der Waals surface area contributed by atoms with Crippen molar-refractivity contribution in [3.8, 4) is 0 Å². The zero-order valence-electron chi connectivity index (χ0n) is 9.19. The molecule has 0 aliphatic heterocycles. The number of aromatic nitrogens is 2. The lowest BCUT2D eigenvalue weighted by Crippen LogP contribution is -2.17. The summed E-state index contributed by atoms with van der Waals surface area (Å²) in [6.45, 7) is 4.08. The van der Waals surface area contributed by atoms with Crippen LogP contribution in [0, 0.1) is 0 Å². The van der Waals surface area contributed by atoms with Crippen molar-refractivity contribution < 1.29 is 0 Å². The number of hydrogen-bond donors (Lipinski definition) is 0. The fraction of sp³-hybridized carbons (Fsp3) is 0.333. The number of rotatable bonds is 1. The summed E-state index contributed by atoms with van der Waals surface area (Å²) in [7, 11) is 1.95. The van der Waals surface area contributed by atoms with Gasteiger partial charge >= 0.3 is 0 Å². The molecule has 0 N–H and O–H groups in total. The molecule has 3 nitrogen and oxygen atoms in total. The minimum absolute atomic E-state index is 0.132. The average molecular weight is 202 g/mol. The van der Waals surface area contributed by atoms with Gasteiger partial charge in [-0.25, -0.2) is 0 Å². The van der Waals surface area contributed by atoms with Crippen molar-refractivity contribution in [3.05, 3.63) is 40.4 Å². The average Bonchev–Trinajstić information content (AvgIpc) is 2.23. The van der Waals surface area contributed by atoms with Crippen molar-refractivity contribution in [1.82, 2.24) is 9.55 Å². The van der Waals surface area contributed by atoms with Gasteiger partial charge in [-0.05, 0) is 12.1 Å². The smallest absolute Gasteiger partial charge is 0.280 e. The Morgan fingerprint density at radius 1 is 1.27 bits per heavy atom. The number of benzene rings is 1. The van der Waals surface area contributed by atoms with Crippen molar-refractivity contribution >= 4 is 10.9 Å². The molecule has 15 heavy (non-hydrogen) atoms. The fourth-order valence-corrected chi connectivity index (χ4v) is 1.83. The Kier molecular flexibility index (Phi) is 2.31. The highest BCUT2D eigenvalue weighted by Crippen LogP contribution is 2.14. The molecule has 0 amide bonds. The number of nitrogens with zero attached hydrogens (tertiary/aromatic N) is 2. The molecule has 78 valence electrons. The van der Waals surface area contributed by atoms with E-state index in [0.717, 1.165) is 11.3 Å². The van der Waals surface area contributed by atoms with Crippen molar-refractivity contribution in [2.75, 3.05) is 0 Å². The van der Waals surface area contributed by atoms with Gasteiger partial charge in [0.1, 0.15) is 5.82 Å². The monoisotopic (exact) mass is 202 g/mol. The van der Waals surface area contributed by atoms with Gasteiger partial charge in [0.05, 0.1) is 10.9 Å². The third-order valence-corrected chi connectivity index (χ3v) is 2.57. The molecule has 2 rings (SSSR count). The predicted molar refractivity (Wildman–Crippen MR) is 61.1 cm³/mol. The van der Waals surface area contributed by atoms with Crippen molar-refractivity contribution in [2.24, 2.45) is 7.05 Å². The lowest BCUT2D eigenvalue weighted by atomic mass is 10.1. The molecule has 0 saturated heterocycles. The molecule has 0 atom stereocenters. The number of aryl methyl sites for hydroxylation is 1. The van der Waals surface area contributed by atoms with Gasteiger partial charge in [-0.3, -0.25) is 4.79 Å². The third-order valence-electron chi connectivity index (χ3n) is 2.57. The Morgan fingerprint density at radius 3 is 2.60 bits per heavy atom. The Labute approximate surface area is 88.4 Å². The molecule has 1 heterocycles. The van der Waals surface area contributed by atoms with Gasteiger partial charge in [0.15, 0.2) is 0 Å². The summed E-state index contributed by atoms with van der Waals surface area (Å²) in [4.78, 5) is 15.8. The first-order valence-corrected chi connectivity index (χ1v) is 5.07. The van der Waals surface area contributed by atoms with Gasteiger partial charge in [0, 0.05) is 13.0 Å². The van der Waals surface area contributed by atoms with Gasteiger partial charge in [-0.2, -0.15) is 4.98 Å². The van der Waals surface area contributed by atoms with E-state index in [1.165, 1.54) is 0 Å². The molecule has 0 aliphatic rings. The zero-order valence-corrected chi connectivity index (χ0v) is 9.19. The third kappa shape index (κ3) is 1.54. The maximum absolute atomic E-state index is 11.7. The van der Waals surface area contributed by atoms with Gasteiger partial charge in [-0.1, -0.05) is 26.0 Å². The lowest BCUT2D eigenvalue weighted by molar-refractivity contribution is 0.696. The summed E-state index contributed by atoms with van der Waals surface area (Å²) in [5.74, 6) is 1.09. The topological polar surface area (TPSA) is 34.9 Å². The van der Waals surface area contributed by atoms with E-state index in [0.29, 0.717) is 5.39 Å². The van der Waals surface area contributed by atoms with E-state index in [2.05, 4.69) is 4.98 Å². The Balaban J connectivity index is 2.91. The SMILES string of the molecule is CC(C)c1nc(=O)c2ccccc2n1C. The Hall–Kier alpha value is -1.64. The highest BCUT2D eigenvalue weighted by Gasteiger charge is 2.09. The second kappa shape index (κ2) is 3.50. The lowest BCUT2D eigenvalue weighted by Gasteiger charge is -2.13. The van der Waals surface area contributed by atoms with Crippen LogP contribution in [0.25, 0.3) is 10.9 Å². The quantitative estimate of drug-likeness (QED) is 0.709. The molecular weight excluding hydrogens is 188 g/mol. The predicted octanol–water partition coefficient (Wildman–Crippen LogP) is 2.06. The first kappa shape index (κ1) is 9.90. The largest absolute Gasteiger partial charge is 0.332 e. The number of fused-ring (bicyclic) bond motifs is 1. The van der Waals surface area contributed by atoms with E-state index >= 15 is 0 Å². The molecular formula is C12H14N2O. The van der Waals surface area contributed by atoms with E-state index in [-0.39, 0.29) is 11.5 Å². The molecule has 1 aromatic heterocycles. The van der Waals surface area contributed by atoms with Gasteiger partial charge in [0.25, 0.3) is 5.56 Å². The van der Waals surface area contributed by atoms with Crippen LogP contribution in [0.1, 0.15) is 25.6 Å². The molecule has 0 saturated carbocycles. The zero-order chi connectivity index (χ0) is 11.0. The number of hydrogen-bond acceptors (Lipinski definition) is 2. The van der Waals surface area contributed by atoms with Crippen LogP contribution in [0.3, 0.4) is 0 Å². The highest BCUT2D eigenvalue weighted by atomic mass is 16.1. The van der Waals surface area contributed by atoms with Gasteiger partial charge in [0.2, 0.25) is 0 Å². The van der Waals surface area contributed by atoms with E-state index < -0.39 is 0 Å². The van der Waals surface area contributed by atoms with Crippen molar-refractivity contribution in [1.29, 1.82) is 0 Å². The maximum atomic E-state index is 11.7. The summed E-state index contributed by atoms with van der Waals surface area (Å²) in [6.07, 6.45) is 0. The molecule has 2 aromatic rings. The highest BCUT2D eigenvalue weighted by molar-refractivity contribution is 5.77. The first-order chi connectivity index (χ1) is 7.11. The normalized spacial score (nSPS) is 11.2. The summed E-state index contributed by atoms with van der Waals surface area (Å²) in [5.41, 5.74) is 0.814. The standard InChI is InChI=1S/C12H14N2O/c1-8(2)11-13-12(15)9-6-4-5-7-10(9)14(11)3/h4-8H,1-3H3. The van der Waals surface area contributed by atoms with Crippen LogP contribution in [-0.2, 0) is 7.05 Å². The van der Waals surface area contributed by atoms with E-state index in [9.17, 15) is 4.79 Å². The van der Waals surface area contributed by atoms with Crippen molar-refractivity contribution in [2.45, 2.75) is 19.8 Å².